The lowest BCUT2D eigenvalue weighted by Gasteiger charge is -2.25. The van der Waals surface area contributed by atoms with Crippen molar-refractivity contribution in [1.29, 1.82) is 0 Å². The zero-order valence-corrected chi connectivity index (χ0v) is 17.1. The molecule has 0 aliphatic carbocycles. The number of carbonyl (C=O) groups is 2. The molecule has 1 aliphatic heterocycles. The highest BCUT2D eigenvalue weighted by Crippen LogP contribution is 2.41. The molecule has 0 bridgehead atoms. The third-order valence-corrected chi connectivity index (χ3v) is 4.91. The van der Waals surface area contributed by atoms with Gasteiger partial charge in [-0.3, -0.25) is 9.59 Å². The molecule has 0 saturated carbocycles. The van der Waals surface area contributed by atoms with Crippen LogP contribution in [0.15, 0.2) is 48.0 Å². The number of benzene rings is 2. The van der Waals surface area contributed by atoms with Crippen molar-refractivity contribution in [3.8, 4) is 11.5 Å². The van der Waals surface area contributed by atoms with E-state index in [9.17, 15) is 19.1 Å². The summed E-state index contributed by atoms with van der Waals surface area (Å²) in [6, 6.07) is 9.83. The Morgan fingerprint density at radius 3 is 2.60 bits per heavy atom. The largest absolute Gasteiger partial charge is 0.507 e. The molecule has 0 radical (unpaired) electrons. The van der Waals surface area contributed by atoms with Crippen molar-refractivity contribution in [2.75, 3.05) is 20.3 Å². The summed E-state index contributed by atoms with van der Waals surface area (Å²) in [5.41, 5.74) is 0.523. The first kappa shape index (κ1) is 21.4. The number of methoxy groups -OCH3 is 1. The fourth-order valence-electron chi connectivity index (χ4n) is 3.65. The minimum atomic E-state index is -0.821. The second-order valence-corrected chi connectivity index (χ2v) is 6.84. The molecule has 1 amide bonds. The first-order valence-electron chi connectivity index (χ1n) is 9.78. The zero-order valence-electron chi connectivity index (χ0n) is 17.1. The topological polar surface area (TPSA) is 76.1 Å². The summed E-state index contributed by atoms with van der Waals surface area (Å²) in [6.45, 7) is 4.53. The van der Waals surface area contributed by atoms with Crippen LogP contribution in [-0.2, 0) is 9.59 Å². The third-order valence-electron chi connectivity index (χ3n) is 4.91. The van der Waals surface area contributed by atoms with E-state index in [2.05, 4.69) is 0 Å². The van der Waals surface area contributed by atoms with Gasteiger partial charge in [-0.05, 0) is 49.2 Å². The SMILES string of the molecule is CCCN1C(=O)C(=O)/C(=C(/O)c2cc(F)ccc2OC)C1c1cccc(OCC)c1. The Balaban J connectivity index is 2.23. The highest BCUT2D eigenvalue weighted by Gasteiger charge is 2.46. The number of rotatable bonds is 7. The van der Waals surface area contributed by atoms with Gasteiger partial charge in [0.15, 0.2) is 0 Å². The third kappa shape index (κ3) is 3.87. The summed E-state index contributed by atoms with van der Waals surface area (Å²) in [5.74, 6) is -1.83. The van der Waals surface area contributed by atoms with Crippen LogP contribution < -0.4 is 9.47 Å². The monoisotopic (exact) mass is 413 g/mol. The van der Waals surface area contributed by atoms with E-state index in [-0.39, 0.29) is 16.9 Å². The van der Waals surface area contributed by atoms with Gasteiger partial charge in [-0.15, -0.1) is 0 Å². The lowest BCUT2D eigenvalue weighted by Crippen LogP contribution is -2.30. The van der Waals surface area contributed by atoms with Crippen molar-refractivity contribution in [2.24, 2.45) is 0 Å². The van der Waals surface area contributed by atoms with Gasteiger partial charge in [-0.25, -0.2) is 4.39 Å². The van der Waals surface area contributed by atoms with Crippen molar-refractivity contribution in [3.63, 3.8) is 0 Å². The average Bonchev–Trinajstić information content (AvgIpc) is 2.99. The van der Waals surface area contributed by atoms with Crippen LogP contribution >= 0.6 is 0 Å². The quantitative estimate of drug-likeness (QED) is 0.421. The summed E-state index contributed by atoms with van der Waals surface area (Å²) >= 11 is 0. The molecule has 6 nitrogen and oxygen atoms in total. The molecule has 1 fully saturated rings. The van der Waals surface area contributed by atoms with Crippen LogP contribution in [0.2, 0.25) is 0 Å². The van der Waals surface area contributed by atoms with Gasteiger partial charge >= 0.3 is 0 Å². The minimum Gasteiger partial charge on any atom is -0.507 e. The average molecular weight is 413 g/mol. The Hall–Kier alpha value is -3.35. The Labute approximate surface area is 174 Å². The van der Waals surface area contributed by atoms with Gasteiger partial charge in [0.05, 0.1) is 30.9 Å². The number of likely N-dealkylation sites (tertiary alicyclic amines) is 1. The summed E-state index contributed by atoms with van der Waals surface area (Å²) in [4.78, 5) is 27.1. The van der Waals surface area contributed by atoms with Gasteiger partial charge in [0.1, 0.15) is 23.1 Å². The van der Waals surface area contributed by atoms with E-state index >= 15 is 0 Å². The number of Topliss-reactive ketones (excluding diaryl/α,β-unsaturated/α-hetero) is 1. The molecule has 0 spiro atoms. The predicted octanol–water partition coefficient (Wildman–Crippen LogP) is 4.06. The van der Waals surface area contributed by atoms with E-state index in [1.54, 1.807) is 24.3 Å². The van der Waals surface area contributed by atoms with Crippen LogP contribution in [0.3, 0.4) is 0 Å². The van der Waals surface area contributed by atoms with Crippen molar-refractivity contribution < 1.29 is 28.6 Å². The Bertz CT molecular complexity index is 1000. The Morgan fingerprint density at radius 2 is 1.93 bits per heavy atom. The standard InChI is InChI=1S/C23H24FNO5/c1-4-11-25-20(14-7-6-8-16(12-14)30-5-2)19(22(27)23(25)28)21(26)17-13-15(24)9-10-18(17)29-3/h6-10,12-13,20,26H,4-5,11H2,1-3H3/b21-19+. The fourth-order valence-corrected chi connectivity index (χ4v) is 3.65. The number of aliphatic hydroxyl groups is 1. The molecule has 2 aromatic carbocycles. The molecule has 0 aromatic heterocycles. The van der Waals surface area contributed by atoms with Crippen LogP contribution in [0.25, 0.3) is 5.76 Å². The molecule has 1 N–H and O–H groups in total. The maximum atomic E-state index is 13.9. The number of ketones is 1. The molecular weight excluding hydrogens is 389 g/mol. The first-order chi connectivity index (χ1) is 14.4. The van der Waals surface area contributed by atoms with E-state index < -0.39 is 29.3 Å². The van der Waals surface area contributed by atoms with Crippen molar-refractivity contribution in [3.05, 3.63) is 65.0 Å². The maximum absolute atomic E-state index is 13.9. The first-order valence-corrected chi connectivity index (χ1v) is 9.78. The highest BCUT2D eigenvalue weighted by molar-refractivity contribution is 6.46. The van der Waals surface area contributed by atoms with Crippen molar-refractivity contribution >= 4 is 17.4 Å². The zero-order chi connectivity index (χ0) is 21.8. The van der Waals surface area contributed by atoms with E-state index in [4.69, 9.17) is 9.47 Å². The summed E-state index contributed by atoms with van der Waals surface area (Å²) in [6.07, 6.45) is 0.623. The van der Waals surface area contributed by atoms with Gasteiger partial charge in [-0.2, -0.15) is 0 Å². The van der Waals surface area contributed by atoms with E-state index in [1.165, 1.54) is 24.1 Å². The Morgan fingerprint density at radius 1 is 1.17 bits per heavy atom. The normalized spacial score (nSPS) is 18.0. The summed E-state index contributed by atoms with van der Waals surface area (Å²) in [5, 5.41) is 11.0. The number of amides is 1. The summed E-state index contributed by atoms with van der Waals surface area (Å²) < 4.78 is 24.7. The minimum absolute atomic E-state index is 0.0120. The summed E-state index contributed by atoms with van der Waals surface area (Å²) in [7, 11) is 1.38. The van der Waals surface area contributed by atoms with Gasteiger partial charge < -0.3 is 19.5 Å². The number of aliphatic hydroxyl groups excluding tert-OH is 1. The highest BCUT2D eigenvalue weighted by atomic mass is 19.1. The number of hydrogen-bond acceptors (Lipinski definition) is 5. The van der Waals surface area contributed by atoms with E-state index in [1.807, 2.05) is 13.8 Å². The fraction of sp³-hybridized carbons (Fsp3) is 0.304. The van der Waals surface area contributed by atoms with Crippen molar-refractivity contribution in [1.82, 2.24) is 4.90 Å². The second-order valence-electron chi connectivity index (χ2n) is 6.84. The van der Waals surface area contributed by atoms with Crippen molar-refractivity contribution in [2.45, 2.75) is 26.3 Å². The van der Waals surface area contributed by atoms with Gasteiger partial charge in [-0.1, -0.05) is 19.1 Å². The van der Waals surface area contributed by atoms with E-state index in [0.29, 0.717) is 30.9 Å². The molecule has 3 rings (SSSR count). The molecule has 1 atom stereocenters. The van der Waals surface area contributed by atoms with Crippen LogP contribution in [0.5, 0.6) is 11.5 Å². The molecule has 1 aliphatic rings. The molecule has 1 unspecified atom stereocenters. The predicted molar refractivity (Wildman–Crippen MR) is 110 cm³/mol. The van der Waals surface area contributed by atoms with Crippen LogP contribution in [0.1, 0.15) is 37.4 Å². The van der Waals surface area contributed by atoms with E-state index in [0.717, 1.165) is 6.07 Å². The number of ether oxygens (including phenoxy) is 2. The maximum Gasteiger partial charge on any atom is 0.295 e. The molecule has 1 heterocycles. The number of halogens is 1. The number of carbonyl (C=O) groups excluding carboxylic acids is 2. The Kier molecular flexibility index (Phi) is 6.40. The molecule has 2 aromatic rings. The van der Waals surface area contributed by atoms with Gasteiger partial charge in [0.25, 0.3) is 11.7 Å². The molecule has 7 heteroatoms. The smallest absolute Gasteiger partial charge is 0.295 e. The second kappa shape index (κ2) is 8.98. The number of nitrogens with zero attached hydrogens (tertiary/aromatic N) is 1. The molecule has 1 saturated heterocycles. The van der Waals surface area contributed by atoms with Crippen LogP contribution in [-0.4, -0.2) is 42.0 Å². The number of hydrogen-bond donors (Lipinski definition) is 1. The lowest BCUT2D eigenvalue weighted by atomic mass is 9.94. The molecule has 158 valence electrons. The van der Waals surface area contributed by atoms with Crippen LogP contribution in [0.4, 0.5) is 4.39 Å². The van der Waals surface area contributed by atoms with Crippen LogP contribution in [0, 0.1) is 5.82 Å². The van der Waals surface area contributed by atoms with Gasteiger partial charge in [0, 0.05) is 6.54 Å². The van der Waals surface area contributed by atoms with Gasteiger partial charge in [0.2, 0.25) is 0 Å². The molecule has 30 heavy (non-hydrogen) atoms. The lowest BCUT2D eigenvalue weighted by molar-refractivity contribution is -0.139. The molecular formula is C23H24FNO5.